The molecule has 0 fully saturated rings. The molecule has 1 rings (SSSR count). The van der Waals surface area contributed by atoms with Crippen molar-refractivity contribution < 1.29 is 31.0 Å². The first-order valence-corrected chi connectivity index (χ1v) is 4.65. The second-order valence-electron chi connectivity index (χ2n) is 2.27. The van der Waals surface area contributed by atoms with E-state index in [0.717, 1.165) is 0 Å². The van der Waals surface area contributed by atoms with Crippen LogP contribution in [0.15, 0.2) is 23.1 Å². The molecule has 0 bridgehead atoms. The van der Waals surface area contributed by atoms with Gasteiger partial charge in [-0.2, -0.15) is 0 Å². The molecule has 0 radical (unpaired) electrons. The molecule has 1 aromatic rings. The van der Waals surface area contributed by atoms with Crippen molar-refractivity contribution in [3.63, 3.8) is 0 Å². The Balaban J connectivity index is 0. The Morgan fingerprint density at radius 1 is 1.31 bits per heavy atom. The van der Waals surface area contributed by atoms with Gasteiger partial charge < -0.3 is 7.16 Å². The van der Waals surface area contributed by atoms with Crippen LogP contribution in [0.3, 0.4) is 0 Å². The van der Waals surface area contributed by atoms with Gasteiger partial charge in [0.05, 0.1) is 0 Å². The maximum Gasteiger partial charge on any atom is 1.00 e. The molecular formula is C7H7Cl3NNaS. The molecule has 1 nitrogen and oxygen atoms in total. The summed E-state index contributed by atoms with van der Waals surface area (Å²) in [7, 11) is 0. The molecule has 0 atom stereocenters. The van der Waals surface area contributed by atoms with E-state index < -0.39 is 3.79 Å². The Bertz CT molecular complexity index is 305. The van der Waals surface area contributed by atoms with Crippen molar-refractivity contribution in [2.75, 3.05) is 5.73 Å². The SMILES string of the molecule is Nc1cc(C(Cl)(Cl)Cl)ccc1S.[H-].[Na+]. The molecule has 0 amide bonds. The van der Waals surface area contributed by atoms with Gasteiger partial charge in [-0.3, -0.25) is 0 Å². The summed E-state index contributed by atoms with van der Waals surface area (Å²) in [5.41, 5.74) is 6.61. The Kier molecular flexibility index (Phi) is 5.87. The van der Waals surface area contributed by atoms with Gasteiger partial charge in [-0.15, -0.1) is 12.6 Å². The van der Waals surface area contributed by atoms with Gasteiger partial charge >= 0.3 is 29.6 Å². The van der Waals surface area contributed by atoms with Crippen molar-refractivity contribution in [3.8, 4) is 0 Å². The third-order valence-corrected chi connectivity index (χ3v) is 2.42. The zero-order chi connectivity index (χ0) is 9.35. The molecule has 0 unspecified atom stereocenters. The monoisotopic (exact) mass is 265 g/mol. The van der Waals surface area contributed by atoms with E-state index in [4.69, 9.17) is 40.5 Å². The van der Waals surface area contributed by atoms with Crippen LogP contribution >= 0.6 is 47.4 Å². The number of anilines is 1. The van der Waals surface area contributed by atoms with Crippen LogP contribution < -0.4 is 35.3 Å². The zero-order valence-corrected chi connectivity index (χ0v) is 12.1. The van der Waals surface area contributed by atoms with Gasteiger partial charge in [0.2, 0.25) is 3.79 Å². The van der Waals surface area contributed by atoms with Gasteiger partial charge in [0.15, 0.2) is 0 Å². The van der Waals surface area contributed by atoms with Gasteiger partial charge in [0.25, 0.3) is 0 Å². The molecule has 68 valence electrons. The number of hydrogen-bond donors (Lipinski definition) is 2. The maximum absolute atomic E-state index is 5.63. The van der Waals surface area contributed by atoms with Crippen molar-refractivity contribution in [3.05, 3.63) is 23.8 Å². The topological polar surface area (TPSA) is 26.0 Å². The molecule has 0 aliphatic carbocycles. The van der Waals surface area contributed by atoms with E-state index in [1.165, 1.54) is 0 Å². The predicted molar refractivity (Wildman–Crippen MR) is 58.5 cm³/mol. The normalized spacial score (nSPS) is 10.8. The summed E-state index contributed by atoms with van der Waals surface area (Å²) < 4.78 is -1.42. The summed E-state index contributed by atoms with van der Waals surface area (Å²) >= 11 is 21.0. The van der Waals surface area contributed by atoms with Crippen LogP contribution in [0.5, 0.6) is 0 Å². The van der Waals surface area contributed by atoms with Crippen molar-refractivity contribution in [1.82, 2.24) is 0 Å². The molecule has 0 aliphatic heterocycles. The van der Waals surface area contributed by atoms with Crippen LogP contribution in [-0.4, -0.2) is 0 Å². The summed E-state index contributed by atoms with van der Waals surface area (Å²) in [6.07, 6.45) is 0. The van der Waals surface area contributed by atoms with Crippen LogP contribution in [0.4, 0.5) is 5.69 Å². The quantitative estimate of drug-likeness (QED) is 0.304. The van der Waals surface area contributed by atoms with E-state index >= 15 is 0 Å². The van der Waals surface area contributed by atoms with Crippen molar-refractivity contribution in [2.45, 2.75) is 8.69 Å². The van der Waals surface area contributed by atoms with Crippen LogP contribution in [0.1, 0.15) is 6.99 Å². The molecule has 0 aliphatic rings. The van der Waals surface area contributed by atoms with Crippen molar-refractivity contribution in [1.29, 1.82) is 0 Å². The number of alkyl halides is 3. The van der Waals surface area contributed by atoms with E-state index in [-0.39, 0.29) is 31.0 Å². The number of thiol groups is 1. The molecule has 2 N–H and O–H groups in total. The Hall–Kier alpha value is 1.24. The first kappa shape index (κ1) is 14.2. The zero-order valence-electron chi connectivity index (χ0n) is 7.89. The molecule has 13 heavy (non-hydrogen) atoms. The number of nitrogens with two attached hydrogens (primary N) is 1. The predicted octanol–water partition coefficient (Wildman–Crippen LogP) is 0.501. The Morgan fingerprint density at radius 3 is 2.23 bits per heavy atom. The van der Waals surface area contributed by atoms with E-state index in [1.54, 1.807) is 18.2 Å². The second kappa shape index (κ2) is 5.36. The van der Waals surface area contributed by atoms with Crippen LogP contribution in [-0.2, 0) is 3.79 Å². The fraction of sp³-hybridized carbons (Fsp3) is 0.143. The minimum Gasteiger partial charge on any atom is -1.00 e. The number of rotatable bonds is 0. The largest absolute Gasteiger partial charge is 1.00 e. The summed E-state index contributed by atoms with van der Waals surface area (Å²) in [4.78, 5) is 0.674. The summed E-state index contributed by atoms with van der Waals surface area (Å²) in [6.45, 7) is 0. The third-order valence-electron chi connectivity index (χ3n) is 1.35. The molecule has 0 saturated carbocycles. The summed E-state index contributed by atoms with van der Waals surface area (Å²) in [6, 6.07) is 4.96. The van der Waals surface area contributed by atoms with E-state index in [9.17, 15) is 0 Å². The fourth-order valence-corrected chi connectivity index (χ4v) is 1.22. The smallest absolute Gasteiger partial charge is 1.00 e. The number of halogens is 3. The number of hydrogen-bond acceptors (Lipinski definition) is 2. The van der Waals surface area contributed by atoms with Crippen molar-refractivity contribution >= 4 is 53.1 Å². The molecule has 0 heterocycles. The average molecular weight is 267 g/mol. The van der Waals surface area contributed by atoms with Gasteiger partial charge in [-0.05, 0) is 12.1 Å². The molecule has 0 spiro atoms. The van der Waals surface area contributed by atoms with E-state index in [1.807, 2.05) is 0 Å². The molecular weight excluding hydrogens is 260 g/mol. The summed E-state index contributed by atoms with van der Waals surface area (Å²) in [5, 5.41) is 0. The maximum atomic E-state index is 5.63. The first-order chi connectivity index (χ1) is 5.41. The van der Waals surface area contributed by atoms with E-state index in [2.05, 4.69) is 12.6 Å². The molecule has 1 aromatic carbocycles. The van der Waals surface area contributed by atoms with Gasteiger partial charge in [-0.1, -0.05) is 40.9 Å². The minimum absolute atomic E-state index is 0. The van der Waals surface area contributed by atoms with Gasteiger partial charge in [0, 0.05) is 16.1 Å². The third kappa shape index (κ3) is 4.08. The molecule has 0 saturated heterocycles. The standard InChI is InChI=1S/C7H6Cl3NS.Na.H/c8-7(9,10)4-1-2-6(12)5(11)3-4;;/h1-3,12H,11H2;;/q;+1;-1. The van der Waals surface area contributed by atoms with Crippen molar-refractivity contribution in [2.24, 2.45) is 0 Å². The first-order valence-electron chi connectivity index (χ1n) is 3.07. The fourth-order valence-electron chi connectivity index (χ4n) is 0.731. The van der Waals surface area contributed by atoms with Gasteiger partial charge in [-0.25, -0.2) is 0 Å². The van der Waals surface area contributed by atoms with E-state index in [0.29, 0.717) is 16.1 Å². The van der Waals surface area contributed by atoms with Crippen LogP contribution in [0.2, 0.25) is 0 Å². The molecule has 0 aromatic heterocycles. The number of nitrogen functional groups attached to an aromatic ring is 1. The van der Waals surface area contributed by atoms with Crippen LogP contribution in [0.25, 0.3) is 0 Å². The Morgan fingerprint density at radius 2 is 1.85 bits per heavy atom. The molecule has 6 heteroatoms. The summed E-state index contributed by atoms with van der Waals surface area (Å²) in [5.74, 6) is 0. The second-order valence-corrected chi connectivity index (χ2v) is 5.03. The minimum atomic E-state index is -1.42. The van der Waals surface area contributed by atoms with Crippen LogP contribution in [0, 0.1) is 0 Å². The van der Waals surface area contributed by atoms with Gasteiger partial charge in [0.1, 0.15) is 0 Å². The average Bonchev–Trinajstić information content (AvgIpc) is 1.92. The number of benzene rings is 1. The Labute approximate surface area is 121 Å².